The summed E-state index contributed by atoms with van der Waals surface area (Å²) in [6.45, 7) is 6.57. The summed E-state index contributed by atoms with van der Waals surface area (Å²) in [5.74, 6) is -0.0268. The summed E-state index contributed by atoms with van der Waals surface area (Å²) < 4.78 is 5.41. The Morgan fingerprint density at radius 1 is 1.03 bits per heavy atom. The van der Waals surface area contributed by atoms with Gasteiger partial charge in [-0.1, -0.05) is 24.3 Å². The van der Waals surface area contributed by atoms with Crippen LogP contribution in [0.2, 0.25) is 0 Å². The first-order valence-corrected chi connectivity index (χ1v) is 11.2. The van der Waals surface area contributed by atoms with Crippen molar-refractivity contribution in [2.45, 2.75) is 25.8 Å². The molecule has 1 amide bonds. The number of hydrogen-bond donors (Lipinski definition) is 1. The van der Waals surface area contributed by atoms with Crippen LogP contribution in [0.1, 0.15) is 31.4 Å². The minimum absolute atomic E-state index is 0.0527. The monoisotopic (exact) mass is 438 g/mol. The van der Waals surface area contributed by atoms with Gasteiger partial charge in [0.25, 0.3) is 5.69 Å². The van der Waals surface area contributed by atoms with Gasteiger partial charge in [-0.2, -0.15) is 0 Å². The number of nitro groups is 1. The number of rotatable bonds is 6. The zero-order chi connectivity index (χ0) is 22.5. The van der Waals surface area contributed by atoms with E-state index in [1.54, 1.807) is 12.1 Å². The topological polar surface area (TPSA) is 88.0 Å². The van der Waals surface area contributed by atoms with E-state index in [1.807, 2.05) is 17.9 Å². The summed E-state index contributed by atoms with van der Waals surface area (Å²) in [6, 6.07) is 15.1. The van der Waals surface area contributed by atoms with E-state index in [0.29, 0.717) is 31.6 Å². The normalized spacial score (nSPS) is 18.3. The Morgan fingerprint density at radius 3 is 2.34 bits per heavy atom. The minimum atomic E-state index is -0.347. The predicted molar refractivity (Wildman–Crippen MR) is 124 cm³/mol. The van der Waals surface area contributed by atoms with Crippen LogP contribution in [-0.4, -0.2) is 50.2 Å². The van der Waals surface area contributed by atoms with E-state index < -0.39 is 0 Å². The standard InChI is InChI=1S/C24H30N4O4/c1-18(19-6-8-21(9-7-19)26-14-16-32-17-15-26)25-24(29)20-10-12-27(13-11-20)22-4-2-3-5-23(22)28(30)31/h2-9,18,20H,10-17H2,1H3,(H,25,29). The molecule has 2 aliphatic heterocycles. The molecule has 0 bridgehead atoms. The first kappa shape index (κ1) is 22.1. The molecule has 2 saturated heterocycles. The molecule has 0 radical (unpaired) electrons. The number of carbonyl (C=O) groups excluding carboxylic acids is 1. The smallest absolute Gasteiger partial charge is 0.292 e. The van der Waals surface area contributed by atoms with Crippen molar-refractivity contribution in [1.29, 1.82) is 0 Å². The highest BCUT2D eigenvalue weighted by molar-refractivity contribution is 5.79. The maximum Gasteiger partial charge on any atom is 0.292 e. The average molecular weight is 439 g/mol. The van der Waals surface area contributed by atoms with E-state index in [9.17, 15) is 14.9 Å². The van der Waals surface area contributed by atoms with Gasteiger partial charge in [-0.15, -0.1) is 0 Å². The van der Waals surface area contributed by atoms with E-state index >= 15 is 0 Å². The summed E-state index contributed by atoms with van der Waals surface area (Å²) in [4.78, 5) is 28.1. The zero-order valence-corrected chi connectivity index (χ0v) is 18.4. The number of nitro benzene ring substituents is 1. The quantitative estimate of drug-likeness (QED) is 0.548. The Kier molecular flexibility index (Phi) is 6.90. The molecule has 8 nitrogen and oxygen atoms in total. The second kappa shape index (κ2) is 9.99. The van der Waals surface area contributed by atoms with E-state index in [4.69, 9.17) is 4.74 Å². The third-order valence-electron chi connectivity index (χ3n) is 6.41. The fourth-order valence-corrected chi connectivity index (χ4v) is 4.48. The van der Waals surface area contributed by atoms with E-state index in [-0.39, 0.29) is 28.5 Å². The van der Waals surface area contributed by atoms with Gasteiger partial charge < -0.3 is 19.9 Å². The van der Waals surface area contributed by atoms with Crippen LogP contribution >= 0.6 is 0 Å². The van der Waals surface area contributed by atoms with E-state index in [2.05, 4.69) is 34.5 Å². The Balaban J connectivity index is 1.30. The first-order valence-electron chi connectivity index (χ1n) is 11.2. The lowest BCUT2D eigenvalue weighted by Crippen LogP contribution is -2.41. The molecule has 2 aromatic carbocycles. The van der Waals surface area contributed by atoms with Gasteiger partial charge in [0.1, 0.15) is 5.69 Å². The highest BCUT2D eigenvalue weighted by Gasteiger charge is 2.28. The number of morpholine rings is 1. The molecule has 0 aliphatic carbocycles. The van der Waals surface area contributed by atoms with Crippen LogP contribution in [0.25, 0.3) is 0 Å². The minimum Gasteiger partial charge on any atom is -0.378 e. The number of para-hydroxylation sites is 2. The number of hydrogen-bond acceptors (Lipinski definition) is 6. The molecule has 0 spiro atoms. The van der Waals surface area contributed by atoms with Crippen LogP contribution in [0.3, 0.4) is 0 Å². The molecule has 2 aliphatic rings. The zero-order valence-electron chi connectivity index (χ0n) is 18.4. The molecule has 1 N–H and O–H groups in total. The van der Waals surface area contributed by atoms with Crippen molar-refractivity contribution < 1.29 is 14.5 Å². The van der Waals surface area contributed by atoms with Gasteiger partial charge in [0.15, 0.2) is 0 Å². The molecule has 0 aromatic heterocycles. The number of ether oxygens (including phenoxy) is 1. The molecule has 170 valence electrons. The molecular formula is C24H30N4O4. The lowest BCUT2D eigenvalue weighted by molar-refractivity contribution is -0.384. The lowest BCUT2D eigenvalue weighted by atomic mass is 9.94. The second-order valence-electron chi connectivity index (χ2n) is 8.43. The van der Waals surface area contributed by atoms with Crippen molar-refractivity contribution in [2.24, 2.45) is 5.92 Å². The van der Waals surface area contributed by atoms with Gasteiger partial charge in [-0.3, -0.25) is 14.9 Å². The summed E-state index contributed by atoms with van der Waals surface area (Å²) in [7, 11) is 0. The third kappa shape index (κ3) is 5.02. The molecule has 2 fully saturated rings. The lowest BCUT2D eigenvalue weighted by Gasteiger charge is -2.33. The third-order valence-corrected chi connectivity index (χ3v) is 6.41. The van der Waals surface area contributed by atoms with Gasteiger partial charge >= 0.3 is 0 Å². The maximum absolute atomic E-state index is 12.9. The number of carbonyl (C=O) groups is 1. The molecule has 2 heterocycles. The Labute approximate surface area is 188 Å². The molecule has 8 heteroatoms. The van der Waals surface area contributed by atoms with Crippen molar-refractivity contribution >= 4 is 23.0 Å². The number of nitrogens with one attached hydrogen (secondary N) is 1. The summed E-state index contributed by atoms with van der Waals surface area (Å²) in [5.41, 5.74) is 3.00. The fraction of sp³-hybridized carbons (Fsp3) is 0.458. The van der Waals surface area contributed by atoms with Gasteiger partial charge in [0.05, 0.1) is 24.2 Å². The average Bonchev–Trinajstić information content (AvgIpc) is 2.84. The van der Waals surface area contributed by atoms with Crippen molar-refractivity contribution in [3.8, 4) is 0 Å². The second-order valence-corrected chi connectivity index (χ2v) is 8.43. The Hall–Kier alpha value is -3.13. The van der Waals surface area contributed by atoms with Gasteiger partial charge in [-0.05, 0) is 43.5 Å². The Morgan fingerprint density at radius 2 is 1.69 bits per heavy atom. The van der Waals surface area contributed by atoms with Crippen LogP contribution in [-0.2, 0) is 9.53 Å². The number of anilines is 2. The van der Waals surface area contributed by atoms with Crippen molar-refractivity contribution in [3.63, 3.8) is 0 Å². The number of nitrogens with zero attached hydrogens (tertiary/aromatic N) is 3. The molecule has 32 heavy (non-hydrogen) atoms. The molecule has 1 unspecified atom stereocenters. The largest absolute Gasteiger partial charge is 0.378 e. The van der Waals surface area contributed by atoms with Crippen molar-refractivity contribution in [3.05, 3.63) is 64.2 Å². The van der Waals surface area contributed by atoms with E-state index in [0.717, 1.165) is 31.9 Å². The predicted octanol–water partition coefficient (Wildman–Crippen LogP) is 3.53. The number of piperidine rings is 1. The molecule has 2 aromatic rings. The summed E-state index contributed by atoms with van der Waals surface area (Å²) >= 11 is 0. The van der Waals surface area contributed by atoms with Crippen LogP contribution < -0.4 is 15.1 Å². The van der Waals surface area contributed by atoms with Crippen LogP contribution in [0.5, 0.6) is 0 Å². The SMILES string of the molecule is CC(NC(=O)C1CCN(c2ccccc2[N+](=O)[O-])CC1)c1ccc(N2CCOCC2)cc1. The van der Waals surface area contributed by atoms with Crippen molar-refractivity contribution in [1.82, 2.24) is 5.32 Å². The highest BCUT2D eigenvalue weighted by Crippen LogP contribution is 2.31. The van der Waals surface area contributed by atoms with Crippen LogP contribution in [0, 0.1) is 16.0 Å². The fourth-order valence-electron chi connectivity index (χ4n) is 4.48. The molecule has 1 atom stereocenters. The van der Waals surface area contributed by atoms with Gasteiger partial charge in [0, 0.05) is 43.9 Å². The first-order chi connectivity index (χ1) is 15.5. The molecular weight excluding hydrogens is 408 g/mol. The highest BCUT2D eigenvalue weighted by atomic mass is 16.6. The Bertz CT molecular complexity index is 935. The van der Waals surface area contributed by atoms with E-state index in [1.165, 1.54) is 11.8 Å². The number of benzene rings is 2. The summed E-state index contributed by atoms with van der Waals surface area (Å²) in [5, 5.41) is 14.5. The van der Waals surface area contributed by atoms with Crippen LogP contribution in [0.4, 0.5) is 17.1 Å². The number of amides is 1. The summed E-state index contributed by atoms with van der Waals surface area (Å²) in [6.07, 6.45) is 1.36. The van der Waals surface area contributed by atoms with Crippen LogP contribution in [0.15, 0.2) is 48.5 Å². The molecule has 4 rings (SSSR count). The van der Waals surface area contributed by atoms with Gasteiger partial charge in [0.2, 0.25) is 5.91 Å². The maximum atomic E-state index is 12.9. The molecule has 0 saturated carbocycles. The van der Waals surface area contributed by atoms with Gasteiger partial charge in [-0.25, -0.2) is 0 Å². The van der Waals surface area contributed by atoms with Crippen molar-refractivity contribution in [2.75, 3.05) is 49.2 Å².